The smallest absolute Gasteiger partial charge is 0.0945 e. The van der Waals surface area contributed by atoms with Crippen LogP contribution in [0, 0.1) is 5.92 Å². The van der Waals surface area contributed by atoms with Crippen molar-refractivity contribution in [3.8, 4) is 0 Å². The highest BCUT2D eigenvalue weighted by molar-refractivity contribution is 7.98. The second-order valence-electron chi connectivity index (χ2n) is 3.69. The summed E-state index contributed by atoms with van der Waals surface area (Å²) in [6, 6.07) is 0. The van der Waals surface area contributed by atoms with Gasteiger partial charge in [-0.15, -0.1) is 0 Å². The summed E-state index contributed by atoms with van der Waals surface area (Å²) in [4.78, 5) is 4.07. The van der Waals surface area contributed by atoms with Crippen molar-refractivity contribution in [1.29, 1.82) is 0 Å². The number of nitrogens with one attached hydrogen (secondary N) is 1. The Hall–Kier alpha value is -0.480. The Balaban J connectivity index is 2.19. The molecule has 0 bridgehead atoms. The second-order valence-corrected chi connectivity index (χ2v) is 4.60. The lowest BCUT2D eigenvalue weighted by molar-refractivity contribution is 0.548. The molecule has 1 heterocycles. The molecule has 0 fully saturated rings. The number of aromatic nitrogens is 2. The molecule has 0 aliphatic carbocycles. The van der Waals surface area contributed by atoms with Gasteiger partial charge >= 0.3 is 0 Å². The van der Waals surface area contributed by atoms with E-state index in [1.54, 1.807) is 0 Å². The van der Waals surface area contributed by atoms with Crippen LogP contribution in [0.25, 0.3) is 0 Å². The number of thioether (sulfide) groups is 1. The molecule has 0 amide bonds. The highest BCUT2D eigenvalue weighted by Crippen LogP contribution is 2.03. The molecular weight excluding hydrogens is 194 g/mol. The summed E-state index contributed by atoms with van der Waals surface area (Å²) in [5.41, 5.74) is 1.24. The summed E-state index contributed by atoms with van der Waals surface area (Å²) < 4.78 is 2.05. The molecule has 1 aromatic heterocycles. The maximum absolute atomic E-state index is 4.07. The first-order valence-corrected chi connectivity index (χ1v) is 6.28. The van der Waals surface area contributed by atoms with Gasteiger partial charge in [0.1, 0.15) is 0 Å². The van der Waals surface area contributed by atoms with Gasteiger partial charge < -0.3 is 9.88 Å². The molecule has 0 aliphatic heterocycles. The van der Waals surface area contributed by atoms with Crippen LogP contribution in [0.15, 0.2) is 12.5 Å². The topological polar surface area (TPSA) is 29.9 Å². The van der Waals surface area contributed by atoms with E-state index in [0.29, 0.717) is 0 Å². The lowest BCUT2D eigenvalue weighted by atomic mass is 10.2. The Labute approximate surface area is 90.3 Å². The van der Waals surface area contributed by atoms with Crippen molar-refractivity contribution in [3.05, 3.63) is 18.2 Å². The Bertz CT molecular complexity index is 260. The zero-order valence-corrected chi connectivity index (χ0v) is 9.97. The van der Waals surface area contributed by atoms with E-state index in [1.807, 2.05) is 35.9 Å². The van der Waals surface area contributed by atoms with Gasteiger partial charge in [-0.05, 0) is 24.5 Å². The van der Waals surface area contributed by atoms with Crippen LogP contribution in [0.4, 0.5) is 0 Å². The first kappa shape index (κ1) is 11.6. The lowest BCUT2D eigenvalue weighted by Crippen LogP contribution is -2.22. The van der Waals surface area contributed by atoms with E-state index < -0.39 is 0 Å². The Morgan fingerprint density at radius 2 is 2.43 bits per heavy atom. The van der Waals surface area contributed by atoms with Crippen LogP contribution in [0.5, 0.6) is 0 Å². The summed E-state index contributed by atoms with van der Waals surface area (Å²) in [6.07, 6.45) is 5.90. The standard InChI is InChI=1S/C10H19N3S/c1-9(7-14-3)4-11-5-10-6-12-8-13(10)2/h6,8-9,11H,4-5,7H2,1-3H3. The van der Waals surface area contributed by atoms with Crippen molar-refractivity contribution in [2.24, 2.45) is 13.0 Å². The predicted molar refractivity (Wildman–Crippen MR) is 62.5 cm³/mol. The highest BCUT2D eigenvalue weighted by atomic mass is 32.2. The summed E-state index contributed by atoms with van der Waals surface area (Å²) in [6.45, 7) is 4.26. The Morgan fingerprint density at radius 3 is 3.00 bits per heavy atom. The first-order chi connectivity index (χ1) is 6.74. The van der Waals surface area contributed by atoms with Gasteiger partial charge in [-0.3, -0.25) is 0 Å². The zero-order chi connectivity index (χ0) is 10.4. The fourth-order valence-corrected chi connectivity index (χ4v) is 2.03. The summed E-state index contributed by atoms with van der Waals surface area (Å²) in [7, 11) is 2.02. The summed E-state index contributed by atoms with van der Waals surface area (Å²) in [5.74, 6) is 1.96. The minimum absolute atomic E-state index is 0.734. The molecule has 0 saturated heterocycles. The molecule has 1 rings (SSSR count). The highest BCUT2D eigenvalue weighted by Gasteiger charge is 2.01. The molecule has 0 aliphatic rings. The van der Waals surface area contributed by atoms with E-state index >= 15 is 0 Å². The summed E-state index contributed by atoms with van der Waals surface area (Å²) in [5, 5.41) is 3.44. The van der Waals surface area contributed by atoms with E-state index in [1.165, 1.54) is 11.4 Å². The molecule has 0 aromatic carbocycles. The van der Waals surface area contributed by atoms with Crippen molar-refractivity contribution in [2.75, 3.05) is 18.6 Å². The largest absolute Gasteiger partial charge is 0.337 e. The molecule has 0 saturated carbocycles. The maximum Gasteiger partial charge on any atom is 0.0945 e. The normalized spacial score (nSPS) is 13.1. The molecule has 0 spiro atoms. The van der Waals surface area contributed by atoms with Crippen LogP contribution in [0.2, 0.25) is 0 Å². The van der Waals surface area contributed by atoms with E-state index in [2.05, 4.69) is 23.5 Å². The van der Waals surface area contributed by atoms with Gasteiger partial charge in [-0.25, -0.2) is 4.98 Å². The third-order valence-corrected chi connectivity index (χ3v) is 3.07. The maximum atomic E-state index is 4.07. The van der Waals surface area contributed by atoms with Gasteiger partial charge in [0.05, 0.1) is 12.0 Å². The van der Waals surface area contributed by atoms with Crippen LogP contribution in [0.3, 0.4) is 0 Å². The molecule has 0 radical (unpaired) electrons. The van der Waals surface area contributed by atoms with Crippen molar-refractivity contribution in [2.45, 2.75) is 13.5 Å². The van der Waals surface area contributed by atoms with Gasteiger partial charge in [-0.1, -0.05) is 6.92 Å². The van der Waals surface area contributed by atoms with Gasteiger partial charge in [0, 0.05) is 19.8 Å². The number of aryl methyl sites for hydroxylation is 1. The van der Waals surface area contributed by atoms with E-state index in [0.717, 1.165) is 19.0 Å². The minimum Gasteiger partial charge on any atom is -0.337 e. The average molecular weight is 213 g/mol. The number of hydrogen-bond donors (Lipinski definition) is 1. The van der Waals surface area contributed by atoms with Gasteiger partial charge in [0.25, 0.3) is 0 Å². The zero-order valence-electron chi connectivity index (χ0n) is 9.16. The molecule has 3 nitrogen and oxygen atoms in total. The van der Waals surface area contributed by atoms with Crippen LogP contribution in [0.1, 0.15) is 12.6 Å². The lowest BCUT2D eigenvalue weighted by Gasteiger charge is -2.10. The Kier molecular flexibility index (Phi) is 5.04. The molecular formula is C10H19N3S. The number of imidazole rings is 1. The first-order valence-electron chi connectivity index (χ1n) is 4.89. The monoisotopic (exact) mass is 213 g/mol. The SMILES string of the molecule is CSCC(C)CNCc1cncn1C. The van der Waals surface area contributed by atoms with Crippen molar-refractivity contribution in [1.82, 2.24) is 14.9 Å². The van der Waals surface area contributed by atoms with Crippen molar-refractivity contribution in [3.63, 3.8) is 0 Å². The molecule has 80 valence electrons. The van der Waals surface area contributed by atoms with Crippen LogP contribution in [-0.4, -0.2) is 28.1 Å². The van der Waals surface area contributed by atoms with Gasteiger partial charge in [-0.2, -0.15) is 11.8 Å². The van der Waals surface area contributed by atoms with Crippen LogP contribution < -0.4 is 5.32 Å². The number of hydrogen-bond acceptors (Lipinski definition) is 3. The van der Waals surface area contributed by atoms with Gasteiger partial charge in [0.2, 0.25) is 0 Å². The summed E-state index contributed by atoms with van der Waals surface area (Å²) >= 11 is 1.90. The average Bonchev–Trinajstić information content (AvgIpc) is 2.52. The third kappa shape index (κ3) is 3.72. The van der Waals surface area contributed by atoms with Crippen LogP contribution in [-0.2, 0) is 13.6 Å². The fourth-order valence-electron chi connectivity index (χ4n) is 1.35. The second kappa shape index (κ2) is 6.09. The molecule has 1 unspecified atom stereocenters. The van der Waals surface area contributed by atoms with E-state index in [-0.39, 0.29) is 0 Å². The van der Waals surface area contributed by atoms with E-state index in [9.17, 15) is 0 Å². The van der Waals surface area contributed by atoms with Crippen molar-refractivity contribution >= 4 is 11.8 Å². The predicted octanol–water partition coefficient (Wildman–Crippen LogP) is 1.51. The molecule has 1 atom stereocenters. The number of nitrogens with zero attached hydrogens (tertiary/aromatic N) is 2. The van der Waals surface area contributed by atoms with Gasteiger partial charge in [0.15, 0.2) is 0 Å². The quantitative estimate of drug-likeness (QED) is 0.777. The minimum atomic E-state index is 0.734. The van der Waals surface area contributed by atoms with Crippen molar-refractivity contribution < 1.29 is 0 Å². The molecule has 1 aromatic rings. The third-order valence-electron chi connectivity index (χ3n) is 2.17. The number of rotatable bonds is 6. The molecule has 1 N–H and O–H groups in total. The fraction of sp³-hybridized carbons (Fsp3) is 0.700. The Morgan fingerprint density at radius 1 is 1.64 bits per heavy atom. The van der Waals surface area contributed by atoms with Crippen LogP contribution >= 0.6 is 11.8 Å². The molecule has 4 heteroatoms. The van der Waals surface area contributed by atoms with E-state index in [4.69, 9.17) is 0 Å². The molecule has 14 heavy (non-hydrogen) atoms.